The summed E-state index contributed by atoms with van der Waals surface area (Å²) in [7, 11) is 0. The maximum absolute atomic E-state index is 12.6. The molecular formula is C22H26ClN5O. The van der Waals surface area contributed by atoms with E-state index in [1.165, 1.54) is 4.80 Å². The number of hydrogen-bond acceptors (Lipinski definition) is 4. The molecule has 0 fully saturated rings. The van der Waals surface area contributed by atoms with E-state index in [-0.39, 0.29) is 12.3 Å². The van der Waals surface area contributed by atoms with Crippen molar-refractivity contribution in [2.75, 3.05) is 5.32 Å². The minimum Gasteiger partial charge on any atom is -0.325 e. The first-order chi connectivity index (χ1) is 13.8. The van der Waals surface area contributed by atoms with Crippen molar-refractivity contribution in [3.8, 4) is 11.4 Å². The minimum absolute atomic E-state index is 0.0645. The van der Waals surface area contributed by atoms with Gasteiger partial charge in [0.05, 0.1) is 6.54 Å². The molecule has 2 aromatic carbocycles. The number of aryl methyl sites for hydroxylation is 1. The second kappa shape index (κ2) is 9.18. The van der Waals surface area contributed by atoms with Gasteiger partial charge in [0.25, 0.3) is 0 Å². The Bertz CT molecular complexity index is 953. The van der Waals surface area contributed by atoms with Crippen molar-refractivity contribution in [2.24, 2.45) is 0 Å². The number of anilines is 1. The predicted octanol–water partition coefficient (Wildman–Crippen LogP) is 5.27. The Morgan fingerprint density at radius 3 is 2.24 bits per heavy atom. The Labute approximate surface area is 176 Å². The Morgan fingerprint density at radius 2 is 1.66 bits per heavy atom. The molecule has 3 aromatic rings. The molecule has 1 heterocycles. The van der Waals surface area contributed by atoms with Gasteiger partial charge >= 0.3 is 0 Å². The average molecular weight is 412 g/mol. The third-order valence-corrected chi connectivity index (χ3v) is 4.98. The summed E-state index contributed by atoms with van der Waals surface area (Å²) in [6, 6.07) is 13.4. The van der Waals surface area contributed by atoms with Crippen molar-refractivity contribution >= 4 is 23.2 Å². The fraction of sp³-hybridized carbons (Fsp3) is 0.364. The summed E-state index contributed by atoms with van der Waals surface area (Å²) < 4.78 is 0. The predicted molar refractivity (Wildman–Crippen MR) is 116 cm³/mol. The number of benzene rings is 2. The summed E-state index contributed by atoms with van der Waals surface area (Å²) in [5, 5.41) is 16.2. The van der Waals surface area contributed by atoms with Crippen LogP contribution in [0.15, 0.2) is 42.5 Å². The van der Waals surface area contributed by atoms with Crippen LogP contribution in [0, 0.1) is 0 Å². The van der Waals surface area contributed by atoms with Gasteiger partial charge in [-0.15, -0.1) is 10.2 Å². The number of carbonyl (C=O) groups excluding carboxylic acids is 1. The Morgan fingerprint density at radius 1 is 1.03 bits per heavy atom. The molecule has 6 nitrogen and oxygen atoms in total. The normalized spacial score (nSPS) is 11.3. The van der Waals surface area contributed by atoms with Gasteiger partial charge in [-0.05, 0) is 52.4 Å². The summed E-state index contributed by atoms with van der Waals surface area (Å²) in [6.45, 7) is 8.88. The second-order valence-electron chi connectivity index (χ2n) is 7.63. The lowest BCUT2D eigenvalue weighted by Gasteiger charge is -2.20. The second-order valence-corrected chi connectivity index (χ2v) is 8.07. The van der Waals surface area contributed by atoms with Crippen LogP contribution in [0.3, 0.4) is 0 Å². The molecule has 1 N–H and O–H groups in total. The topological polar surface area (TPSA) is 72.7 Å². The van der Waals surface area contributed by atoms with Gasteiger partial charge in [-0.2, -0.15) is 4.80 Å². The zero-order chi connectivity index (χ0) is 21.0. The quantitative estimate of drug-likeness (QED) is 0.574. The molecule has 0 aliphatic rings. The van der Waals surface area contributed by atoms with E-state index < -0.39 is 0 Å². The Hall–Kier alpha value is -2.73. The lowest BCUT2D eigenvalue weighted by atomic mass is 9.92. The molecule has 0 aliphatic heterocycles. The first-order valence-corrected chi connectivity index (χ1v) is 10.2. The summed E-state index contributed by atoms with van der Waals surface area (Å²) in [4.78, 5) is 14.1. The van der Waals surface area contributed by atoms with Gasteiger partial charge in [0.15, 0.2) is 0 Å². The highest BCUT2D eigenvalue weighted by Gasteiger charge is 2.16. The number of rotatable bonds is 7. The highest BCUT2D eigenvalue weighted by atomic mass is 35.5. The first kappa shape index (κ1) is 21.0. The molecule has 0 saturated heterocycles. The van der Waals surface area contributed by atoms with Gasteiger partial charge in [-0.3, -0.25) is 4.79 Å². The largest absolute Gasteiger partial charge is 0.325 e. The molecule has 0 bridgehead atoms. The van der Waals surface area contributed by atoms with E-state index in [0.717, 1.165) is 22.4 Å². The fourth-order valence-electron chi connectivity index (χ4n) is 3.15. The summed E-state index contributed by atoms with van der Waals surface area (Å²) in [5.41, 5.74) is 4.05. The molecule has 1 amide bonds. The van der Waals surface area contributed by atoms with Crippen LogP contribution in [0.25, 0.3) is 11.4 Å². The third-order valence-electron chi connectivity index (χ3n) is 4.73. The van der Waals surface area contributed by atoms with E-state index >= 15 is 0 Å². The number of amides is 1. The minimum atomic E-state index is -0.0645. The molecule has 0 spiro atoms. The lowest BCUT2D eigenvalue weighted by Crippen LogP contribution is -2.18. The fourth-order valence-corrected chi connectivity index (χ4v) is 3.28. The number of halogens is 1. The van der Waals surface area contributed by atoms with Crippen LogP contribution in [-0.4, -0.2) is 26.1 Å². The summed E-state index contributed by atoms with van der Waals surface area (Å²) >= 11 is 5.91. The smallest absolute Gasteiger partial charge is 0.226 e. The number of aromatic nitrogens is 4. The molecule has 0 atom stereocenters. The van der Waals surface area contributed by atoms with Crippen LogP contribution in [-0.2, 0) is 11.3 Å². The molecule has 0 unspecified atom stereocenters. The molecule has 7 heteroatoms. The van der Waals surface area contributed by atoms with Crippen molar-refractivity contribution < 1.29 is 4.79 Å². The number of tetrazole rings is 1. The van der Waals surface area contributed by atoms with Crippen molar-refractivity contribution in [3.63, 3.8) is 0 Å². The van der Waals surface area contributed by atoms with Crippen LogP contribution in [0.1, 0.15) is 57.1 Å². The molecular weight excluding hydrogens is 386 g/mol. The molecule has 152 valence electrons. The molecule has 0 radical (unpaired) electrons. The van der Waals surface area contributed by atoms with Crippen LogP contribution in [0.2, 0.25) is 5.02 Å². The standard InChI is InChI=1S/C22H26ClN5O/c1-14(2)18-6-5-7-19(15(3)4)21(18)24-20(29)12-13-28-26-22(25-27-28)16-8-10-17(23)11-9-16/h5-11,14-15H,12-13H2,1-4H3,(H,24,29). The third kappa shape index (κ3) is 5.21. The number of nitrogens with zero attached hydrogens (tertiary/aromatic N) is 4. The van der Waals surface area contributed by atoms with Gasteiger partial charge in [-0.1, -0.05) is 57.5 Å². The molecule has 29 heavy (non-hydrogen) atoms. The summed E-state index contributed by atoms with van der Waals surface area (Å²) in [5.74, 6) is 1.09. The van der Waals surface area contributed by atoms with Gasteiger partial charge in [-0.25, -0.2) is 0 Å². The van der Waals surface area contributed by atoms with Crippen molar-refractivity contribution in [2.45, 2.75) is 52.5 Å². The van der Waals surface area contributed by atoms with E-state index in [1.54, 1.807) is 12.1 Å². The summed E-state index contributed by atoms with van der Waals surface area (Å²) in [6.07, 6.45) is 0.264. The molecule has 1 aromatic heterocycles. The molecule has 0 aliphatic carbocycles. The van der Waals surface area contributed by atoms with Gasteiger partial charge in [0.2, 0.25) is 11.7 Å². The van der Waals surface area contributed by atoms with Gasteiger partial charge in [0, 0.05) is 22.7 Å². The zero-order valence-electron chi connectivity index (χ0n) is 17.2. The van der Waals surface area contributed by atoms with Crippen molar-refractivity contribution in [1.29, 1.82) is 0 Å². The number of carbonyl (C=O) groups is 1. The van der Waals surface area contributed by atoms with Gasteiger partial charge in [0.1, 0.15) is 0 Å². The Kier molecular flexibility index (Phi) is 6.64. The van der Waals surface area contributed by atoms with Crippen LogP contribution >= 0.6 is 11.6 Å². The maximum atomic E-state index is 12.6. The van der Waals surface area contributed by atoms with E-state index in [4.69, 9.17) is 11.6 Å². The molecule has 0 saturated carbocycles. The van der Waals surface area contributed by atoms with E-state index in [1.807, 2.05) is 12.1 Å². The van der Waals surface area contributed by atoms with Crippen molar-refractivity contribution in [3.05, 3.63) is 58.6 Å². The van der Waals surface area contributed by atoms with Crippen LogP contribution < -0.4 is 5.32 Å². The zero-order valence-corrected chi connectivity index (χ0v) is 17.9. The maximum Gasteiger partial charge on any atom is 0.226 e. The van der Waals surface area contributed by atoms with E-state index in [9.17, 15) is 4.79 Å². The average Bonchev–Trinajstić information content (AvgIpc) is 3.15. The Balaban J connectivity index is 1.67. The lowest BCUT2D eigenvalue weighted by molar-refractivity contribution is -0.116. The van der Waals surface area contributed by atoms with E-state index in [2.05, 4.69) is 66.6 Å². The molecule has 3 rings (SSSR count). The van der Waals surface area contributed by atoms with Crippen LogP contribution in [0.5, 0.6) is 0 Å². The first-order valence-electron chi connectivity index (χ1n) is 9.81. The van der Waals surface area contributed by atoms with E-state index in [0.29, 0.717) is 29.2 Å². The number of hydrogen-bond donors (Lipinski definition) is 1. The SMILES string of the molecule is CC(C)c1cccc(C(C)C)c1NC(=O)CCn1nnc(-c2ccc(Cl)cc2)n1. The van der Waals surface area contributed by atoms with Gasteiger partial charge < -0.3 is 5.32 Å². The highest BCUT2D eigenvalue weighted by molar-refractivity contribution is 6.30. The van der Waals surface area contributed by atoms with Crippen molar-refractivity contribution in [1.82, 2.24) is 20.2 Å². The number of para-hydroxylation sites is 1. The highest BCUT2D eigenvalue weighted by Crippen LogP contribution is 2.32. The monoisotopic (exact) mass is 411 g/mol. The van der Waals surface area contributed by atoms with Crippen LogP contribution in [0.4, 0.5) is 5.69 Å². The number of nitrogens with one attached hydrogen (secondary N) is 1.